The Morgan fingerprint density at radius 2 is 2.20 bits per heavy atom. The van der Waals surface area contributed by atoms with Gasteiger partial charge in [-0.1, -0.05) is 18.2 Å². The fraction of sp³-hybridized carbons (Fsp3) is 0.588. The zero-order valence-electron chi connectivity index (χ0n) is 13.8. The molecule has 1 aromatic carbocycles. The van der Waals surface area contributed by atoms with E-state index >= 15 is 0 Å². The first-order valence-electron chi connectivity index (χ1n) is 8.79. The smallest absolute Gasteiger partial charge is 0.493 e. The van der Waals surface area contributed by atoms with E-state index in [2.05, 4.69) is 5.32 Å². The van der Waals surface area contributed by atoms with Gasteiger partial charge in [-0.25, -0.2) is 0 Å². The van der Waals surface area contributed by atoms with Crippen LogP contribution in [0.2, 0.25) is 0 Å². The highest BCUT2D eigenvalue weighted by molar-refractivity contribution is 6.32. The van der Waals surface area contributed by atoms with Gasteiger partial charge in [0.1, 0.15) is 12.0 Å². The summed E-state index contributed by atoms with van der Waals surface area (Å²) in [5, 5.41) is 21.2. The molecular formula is C17H22BNO6. The van der Waals surface area contributed by atoms with Gasteiger partial charge in [-0.3, -0.25) is 4.79 Å². The lowest BCUT2D eigenvalue weighted by molar-refractivity contribution is -0.129. The lowest BCUT2D eigenvalue weighted by Crippen LogP contribution is -2.46. The van der Waals surface area contributed by atoms with Crippen LogP contribution >= 0.6 is 0 Å². The van der Waals surface area contributed by atoms with Crippen molar-refractivity contribution in [3.05, 3.63) is 29.8 Å². The molecule has 0 saturated carbocycles. The number of rotatable bonds is 6. The fourth-order valence-corrected chi connectivity index (χ4v) is 4.16. The number of fused-ring (bicyclic) bond motifs is 3. The normalized spacial score (nSPS) is 30.6. The minimum atomic E-state index is -1.95. The van der Waals surface area contributed by atoms with Crippen LogP contribution in [0.3, 0.4) is 0 Å². The van der Waals surface area contributed by atoms with Crippen molar-refractivity contribution < 1.29 is 29.0 Å². The summed E-state index contributed by atoms with van der Waals surface area (Å²) in [5.41, 5.74) is 1.04. The third-order valence-electron chi connectivity index (χ3n) is 5.33. The van der Waals surface area contributed by atoms with Crippen molar-refractivity contribution in [3.8, 4) is 5.75 Å². The first-order valence-corrected chi connectivity index (χ1v) is 8.79. The predicted molar refractivity (Wildman–Crippen MR) is 88.5 cm³/mol. The highest BCUT2D eigenvalue weighted by Gasteiger charge is 2.45. The number of amides is 1. The van der Waals surface area contributed by atoms with E-state index < -0.39 is 13.5 Å². The molecule has 0 unspecified atom stereocenters. The van der Waals surface area contributed by atoms with Crippen molar-refractivity contribution in [2.75, 3.05) is 6.61 Å². The van der Waals surface area contributed by atoms with Gasteiger partial charge < -0.3 is 29.5 Å². The molecule has 1 amide bonds. The van der Waals surface area contributed by atoms with Gasteiger partial charge >= 0.3 is 7.32 Å². The zero-order chi connectivity index (χ0) is 17.4. The molecule has 0 spiro atoms. The van der Waals surface area contributed by atoms with Crippen molar-refractivity contribution >= 4 is 13.2 Å². The van der Waals surface area contributed by atoms with Gasteiger partial charge in [0.2, 0.25) is 5.91 Å². The molecule has 3 aliphatic heterocycles. The van der Waals surface area contributed by atoms with Crippen LogP contribution in [-0.4, -0.2) is 48.3 Å². The fourth-order valence-electron chi connectivity index (χ4n) is 4.16. The monoisotopic (exact) mass is 347 g/mol. The maximum atomic E-state index is 12.6. The second-order valence-electron chi connectivity index (χ2n) is 6.96. The second kappa shape index (κ2) is 6.95. The third-order valence-corrected chi connectivity index (χ3v) is 5.33. The average molecular weight is 347 g/mol. The molecule has 3 aliphatic rings. The van der Waals surface area contributed by atoms with Gasteiger partial charge in [-0.05, 0) is 25.3 Å². The summed E-state index contributed by atoms with van der Waals surface area (Å²) in [4.78, 5) is 12.6. The van der Waals surface area contributed by atoms with E-state index in [1.54, 1.807) is 0 Å². The first kappa shape index (κ1) is 16.8. The first-order chi connectivity index (χ1) is 12.1. The van der Waals surface area contributed by atoms with Crippen molar-refractivity contribution in [1.82, 2.24) is 5.32 Å². The third kappa shape index (κ3) is 3.53. The molecule has 0 radical (unpaired) electrons. The van der Waals surface area contributed by atoms with Crippen LogP contribution in [0.25, 0.3) is 0 Å². The summed E-state index contributed by atoms with van der Waals surface area (Å²) in [6.45, 7) is 0.480. The van der Waals surface area contributed by atoms with Gasteiger partial charge in [0.15, 0.2) is 0 Å². The maximum Gasteiger partial charge on any atom is 0.635 e. The number of carbonyl (C=O) groups is 1. The number of benzene rings is 1. The summed E-state index contributed by atoms with van der Waals surface area (Å²) in [6, 6.07) is 7.72. The molecule has 4 rings (SSSR count). The molecular weight excluding hydrogens is 325 g/mol. The zero-order valence-corrected chi connectivity index (χ0v) is 13.8. The number of ether oxygens (including phenoxy) is 2. The SMILES string of the molecule is O=C(N[C@@H](C[C@@H]1COc2ccccc21)OB(O)O)[C@@H]1C[C@H]2CC[C@@H]1O2. The molecule has 1 aromatic rings. The van der Waals surface area contributed by atoms with E-state index in [0.717, 1.165) is 30.6 Å². The lowest BCUT2D eigenvalue weighted by atomic mass is 9.88. The minimum Gasteiger partial charge on any atom is -0.493 e. The molecule has 8 heteroatoms. The predicted octanol–water partition coefficient (Wildman–Crippen LogP) is 0.549. The van der Waals surface area contributed by atoms with Crippen molar-refractivity contribution in [2.45, 2.75) is 50.0 Å². The van der Waals surface area contributed by atoms with Gasteiger partial charge in [0, 0.05) is 17.9 Å². The van der Waals surface area contributed by atoms with Gasteiger partial charge in [-0.15, -0.1) is 0 Å². The molecule has 0 aromatic heterocycles. The van der Waals surface area contributed by atoms with Crippen LogP contribution in [0.4, 0.5) is 0 Å². The van der Waals surface area contributed by atoms with Crippen LogP contribution in [0.15, 0.2) is 24.3 Å². The minimum absolute atomic E-state index is 0.0246. The quantitative estimate of drug-likeness (QED) is 0.514. The summed E-state index contributed by atoms with van der Waals surface area (Å²) < 4.78 is 16.5. The van der Waals surface area contributed by atoms with Crippen LogP contribution in [0, 0.1) is 5.92 Å². The molecule has 25 heavy (non-hydrogen) atoms. The van der Waals surface area contributed by atoms with Crippen LogP contribution in [0.1, 0.15) is 37.2 Å². The largest absolute Gasteiger partial charge is 0.635 e. The Bertz CT molecular complexity index is 641. The molecule has 7 nitrogen and oxygen atoms in total. The second-order valence-corrected chi connectivity index (χ2v) is 6.96. The molecule has 3 heterocycles. The molecule has 134 valence electrons. The van der Waals surface area contributed by atoms with Crippen molar-refractivity contribution in [1.29, 1.82) is 0 Å². The summed E-state index contributed by atoms with van der Waals surface area (Å²) in [5.74, 6) is 0.512. The standard InChI is InChI=1S/C17H22BNO6/c20-17(13-8-11-5-6-15(13)24-11)19-16(25-18(21)22)7-10-9-23-14-4-2-1-3-12(10)14/h1-4,10-11,13,15-16,21-22H,5-9H2,(H,19,20)/t10-,11-,13-,15+,16-/m1/s1. The number of carbonyl (C=O) groups excluding carboxylic acids is 1. The van der Waals surface area contributed by atoms with Crippen molar-refractivity contribution in [2.24, 2.45) is 5.92 Å². The van der Waals surface area contributed by atoms with E-state index in [1.165, 1.54) is 0 Å². The molecule has 5 atom stereocenters. The van der Waals surface area contributed by atoms with E-state index in [0.29, 0.717) is 13.0 Å². The van der Waals surface area contributed by atoms with E-state index in [-0.39, 0.29) is 30.0 Å². The number of hydrogen-bond donors (Lipinski definition) is 3. The molecule has 2 saturated heterocycles. The Balaban J connectivity index is 1.41. The topological polar surface area (TPSA) is 97.3 Å². The van der Waals surface area contributed by atoms with Crippen LogP contribution < -0.4 is 10.1 Å². The Morgan fingerprint density at radius 3 is 2.92 bits per heavy atom. The van der Waals surface area contributed by atoms with E-state index in [4.69, 9.17) is 14.1 Å². The van der Waals surface area contributed by atoms with Gasteiger partial charge in [0.25, 0.3) is 0 Å². The summed E-state index contributed by atoms with van der Waals surface area (Å²) in [6.07, 6.45) is 2.40. The number of hydrogen-bond acceptors (Lipinski definition) is 6. The Hall–Kier alpha value is -1.61. The molecule has 3 N–H and O–H groups in total. The molecule has 2 fully saturated rings. The Morgan fingerprint density at radius 1 is 1.36 bits per heavy atom. The van der Waals surface area contributed by atoms with Crippen molar-refractivity contribution in [3.63, 3.8) is 0 Å². The highest BCUT2D eigenvalue weighted by Crippen LogP contribution is 2.39. The van der Waals surface area contributed by atoms with Crippen LogP contribution in [-0.2, 0) is 14.2 Å². The summed E-state index contributed by atoms with van der Waals surface area (Å²) >= 11 is 0. The highest BCUT2D eigenvalue weighted by atomic mass is 16.6. The number of nitrogens with one attached hydrogen (secondary N) is 1. The number of para-hydroxylation sites is 1. The molecule has 0 aliphatic carbocycles. The Kier molecular flexibility index (Phi) is 4.68. The molecule has 2 bridgehead atoms. The van der Waals surface area contributed by atoms with Crippen LogP contribution in [0.5, 0.6) is 5.75 Å². The van der Waals surface area contributed by atoms with Gasteiger partial charge in [-0.2, -0.15) is 0 Å². The van der Waals surface area contributed by atoms with E-state index in [9.17, 15) is 14.8 Å². The maximum absolute atomic E-state index is 12.6. The lowest BCUT2D eigenvalue weighted by Gasteiger charge is -2.25. The summed E-state index contributed by atoms with van der Waals surface area (Å²) in [7, 11) is -1.95. The van der Waals surface area contributed by atoms with E-state index in [1.807, 2.05) is 24.3 Å². The van der Waals surface area contributed by atoms with Gasteiger partial charge in [0.05, 0.1) is 24.7 Å². The Labute approximate surface area is 146 Å². The average Bonchev–Trinajstić information content (AvgIpc) is 3.30.